The van der Waals surface area contributed by atoms with E-state index >= 15 is 0 Å². The number of hydrogen-bond acceptors (Lipinski definition) is 3. The summed E-state index contributed by atoms with van der Waals surface area (Å²) < 4.78 is 0. The summed E-state index contributed by atoms with van der Waals surface area (Å²) >= 11 is 6.34. The molecule has 0 spiro atoms. The van der Waals surface area contributed by atoms with E-state index in [1.807, 2.05) is 42.5 Å². The number of rotatable bonds is 4. The van der Waals surface area contributed by atoms with Gasteiger partial charge in [0.1, 0.15) is 0 Å². The van der Waals surface area contributed by atoms with Crippen LogP contribution in [0.5, 0.6) is 0 Å². The molecule has 0 aliphatic heterocycles. The smallest absolute Gasteiger partial charge is 0.208 e. The first kappa shape index (κ1) is 21.2. The maximum absolute atomic E-state index is 6.34. The van der Waals surface area contributed by atoms with E-state index in [0.717, 1.165) is 27.8 Å². The topological polar surface area (TPSA) is 38.7 Å². The molecule has 35 heavy (non-hydrogen) atoms. The van der Waals surface area contributed by atoms with E-state index in [2.05, 4.69) is 88.8 Å². The third kappa shape index (κ3) is 4.30. The van der Waals surface area contributed by atoms with Crippen LogP contribution in [0.4, 0.5) is 0 Å². The van der Waals surface area contributed by atoms with Gasteiger partial charge in [-0.2, -0.15) is 9.97 Å². The van der Waals surface area contributed by atoms with Crippen molar-refractivity contribution in [3.8, 4) is 45.0 Å². The summed E-state index contributed by atoms with van der Waals surface area (Å²) in [7, 11) is 0. The summed E-state index contributed by atoms with van der Waals surface area (Å²) in [4.78, 5) is 13.6. The van der Waals surface area contributed by atoms with Gasteiger partial charge in [0.2, 0.25) is 5.28 Å². The molecule has 0 N–H and O–H groups in total. The highest BCUT2D eigenvalue weighted by molar-refractivity contribution is 6.28. The van der Waals surface area contributed by atoms with Crippen LogP contribution in [0.25, 0.3) is 55.8 Å². The fourth-order valence-corrected chi connectivity index (χ4v) is 4.51. The SMILES string of the molecule is Clc1nc(-c2ccc(-c3cccc4ccccc34)cc2)nc(-c2cccc(-c3ccccc3)c2)n1. The number of benzene rings is 5. The first-order chi connectivity index (χ1) is 17.2. The standard InChI is InChI=1S/C31H20ClN3/c32-31-34-29(33-30(35-31)26-13-6-12-25(20-26)21-8-2-1-3-9-21)24-18-16-23(17-19-24)28-15-7-11-22-10-4-5-14-27(22)28/h1-20H. The molecule has 0 unspecified atom stereocenters. The van der Waals surface area contributed by atoms with Crippen molar-refractivity contribution in [2.45, 2.75) is 0 Å². The van der Waals surface area contributed by atoms with Crippen molar-refractivity contribution in [3.63, 3.8) is 0 Å². The highest BCUT2D eigenvalue weighted by Crippen LogP contribution is 2.31. The predicted molar refractivity (Wildman–Crippen MR) is 144 cm³/mol. The molecule has 5 aromatic carbocycles. The number of aromatic nitrogens is 3. The van der Waals surface area contributed by atoms with Crippen LogP contribution in [0.3, 0.4) is 0 Å². The van der Waals surface area contributed by atoms with Gasteiger partial charge in [-0.1, -0.05) is 115 Å². The second-order valence-corrected chi connectivity index (χ2v) is 8.64. The van der Waals surface area contributed by atoms with Crippen LogP contribution in [0.2, 0.25) is 5.28 Å². The maximum atomic E-state index is 6.34. The lowest BCUT2D eigenvalue weighted by molar-refractivity contribution is 1.07. The van der Waals surface area contributed by atoms with Gasteiger partial charge in [-0.05, 0) is 50.7 Å². The molecule has 6 aromatic rings. The molecule has 0 fully saturated rings. The van der Waals surface area contributed by atoms with Crippen molar-refractivity contribution in [1.82, 2.24) is 15.0 Å². The van der Waals surface area contributed by atoms with Crippen LogP contribution in [-0.4, -0.2) is 15.0 Å². The molecule has 6 rings (SSSR count). The van der Waals surface area contributed by atoms with Gasteiger partial charge in [0, 0.05) is 11.1 Å². The Labute approximate surface area is 208 Å². The van der Waals surface area contributed by atoms with Crippen LogP contribution in [0, 0.1) is 0 Å². The van der Waals surface area contributed by atoms with Crippen LogP contribution in [0.15, 0.2) is 121 Å². The Morgan fingerprint density at radius 2 is 1.03 bits per heavy atom. The highest BCUT2D eigenvalue weighted by atomic mass is 35.5. The lowest BCUT2D eigenvalue weighted by atomic mass is 9.97. The van der Waals surface area contributed by atoms with E-state index in [1.165, 1.54) is 16.3 Å². The molecule has 0 saturated carbocycles. The average molecular weight is 470 g/mol. The second kappa shape index (κ2) is 9.13. The van der Waals surface area contributed by atoms with E-state index in [1.54, 1.807) is 0 Å². The first-order valence-corrected chi connectivity index (χ1v) is 11.8. The van der Waals surface area contributed by atoms with Crippen molar-refractivity contribution in [2.75, 3.05) is 0 Å². The molecule has 0 aliphatic rings. The zero-order valence-electron chi connectivity index (χ0n) is 18.8. The van der Waals surface area contributed by atoms with Gasteiger partial charge in [0.25, 0.3) is 0 Å². The van der Waals surface area contributed by atoms with Crippen molar-refractivity contribution in [1.29, 1.82) is 0 Å². The number of halogens is 1. The summed E-state index contributed by atoms with van der Waals surface area (Å²) in [6.07, 6.45) is 0. The molecule has 0 radical (unpaired) electrons. The van der Waals surface area contributed by atoms with Crippen molar-refractivity contribution < 1.29 is 0 Å². The van der Waals surface area contributed by atoms with Gasteiger partial charge < -0.3 is 0 Å². The van der Waals surface area contributed by atoms with E-state index < -0.39 is 0 Å². The summed E-state index contributed by atoms with van der Waals surface area (Å²) in [5.74, 6) is 1.10. The third-order valence-corrected chi connectivity index (χ3v) is 6.25. The first-order valence-electron chi connectivity index (χ1n) is 11.4. The van der Waals surface area contributed by atoms with Gasteiger partial charge in [-0.25, -0.2) is 4.98 Å². The predicted octanol–water partition coefficient (Wildman–Crippen LogP) is 8.35. The second-order valence-electron chi connectivity index (χ2n) is 8.30. The normalized spacial score (nSPS) is 11.0. The van der Waals surface area contributed by atoms with E-state index in [0.29, 0.717) is 11.6 Å². The molecule has 3 nitrogen and oxygen atoms in total. The molecule has 1 aromatic heterocycles. The Bertz CT molecular complexity index is 1640. The van der Waals surface area contributed by atoms with Gasteiger partial charge in [0.15, 0.2) is 11.6 Å². The Balaban J connectivity index is 1.36. The lowest BCUT2D eigenvalue weighted by Gasteiger charge is -2.09. The average Bonchev–Trinajstić information content (AvgIpc) is 2.93. The van der Waals surface area contributed by atoms with Gasteiger partial charge in [-0.15, -0.1) is 0 Å². The zero-order valence-corrected chi connectivity index (χ0v) is 19.5. The molecule has 0 saturated heterocycles. The summed E-state index contributed by atoms with van der Waals surface area (Å²) in [5, 5.41) is 2.63. The molecule has 4 heteroatoms. The molecular weight excluding hydrogens is 450 g/mol. The van der Waals surface area contributed by atoms with Gasteiger partial charge >= 0.3 is 0 Å². The number of hydrogen-bond donors (Lipinski definition) is 0. The van der Waals surface area contributed by atoms with Crippen LogP contribution >= 0.6 is 11.6 Å². The highest BCUT2D eigenvalue weighted by Gasteiger charge is 2.11. The molecule has 0 aliphatic carbocycles. The zero-order chi connectivity index (χ0) is 23.6. The minimum Gasteiger partial charge on any atom is -0.208 e. The lowest BCUT2D eigenvalue weighted by Crippen LogP contribution is -1.97. The number of nitrogens with zero attached hydrogens (tertiary/aromatic N) is 3. The summed E-state index contributed by atoms with van der Waals surface area (Å²) in [6.45, 7) is 0. The molecule has 166 valence electrons. The van der Waals surface area contributed by atoms with Crippen LogP contribution in [-0.2, 0) is 0 Å². The minimum atomic E-state index is 0.174. The summed E-state index contributed by atoms with van der Waals surface area (Å²) in [5.41, 5.74) is 6.35. The van der Waals surface area contributed by atoms with E-state index in [4.69, 9.17) is 16.6 Å². The molecular formula is C31H20ClN3. The molecule has 0 amide bonds. The molecule has 0 bridgehead atoms. The van der Waals surface area contributed by atoms with Crippen LogP contribution in [0.1, 0.15) is 0 Å². The quantitative estimate of drug-likeness (QED) is 0.260. The molecule has 0 atom stereocenters. The third-order valence-electron chi connectivity index (χ3n) is 6.08. The van der Waals surface area contributed by atoms with Gasteiger partial charge in [0.05, 0.1) is 0 Å². The van der Waals surface area contributed by atoms with Crippen molar-refractivity contribution in [3.05, 3.63) is 127 Å². The van der Waals surface area contributed by atoms with E-state index in [9.17, 15) is 0 Å². The maximum Gasteiger partial charge on any atom is 0.226 e. The summed E-state index contributed by atoms with van der Waals surface area (Å²) in [6, 6.07) is 41.5. The minimum absolute atomic E-state index is 0.174. The Hall–Kier alpha value is -4.34. The van der Waals surface area contributed by atoms with Gasteiger partial charge in [-0.3, -0.25) is 0 Å². The largest absolute Gasteiger partial charge is 0.226 e. The Kier molecular flexibility index (Phi) is 5.53. The number of fused-ring (bicyclic) bond motifs is 1. The van der Waals surface area contributed by atoms with E-state index in [-0.39, 0.29) is 5.28 Å². The fraction of sp³-hybridized carbons (Fsp3) is 0. The van der Waals surface area contributed by atoms with Crippen molar-refractivity contribution in [2.24, 2.45) is 0 Å². The van der Waals surface area contributed by atoms with Crippen LogP contribution < -0.4 is 0 Å². The van der Waals surface area contributed by atoms with Crippen molar-refractivity contribution >= 4 is 22.4 Å². The monoisotopic (exact) mass is 469 g/mol. The molecule has 1 heterocycles. The fourth-order valence-electron chi connectivity index (χ4n) is 4.35. The Morgan fingerprint density at radius 3 is 1.86 bits per heavy atom. The Morgan fingerprint density at radius 1 is 0.429 bits per heavy atom.